The molecular weight excluding hydrogens is 622 g/mol. The van der Waals surface area contributed by atoms with Crippen molar-refractivity contribution in [2.24, 2.45) is 0 Å². The van der Waals surface area contributed by atoms with E-state index in [9.17, 15) is 19.8 Å². The van der Waals surface area contributed by atoms with Crippen LogP contribution >= 0.6 is 0 Å². The van der Waals surface area contributed by atoms with Crippen molar-refractivity contribution in [3.05, 3.63) is 0 Å². The minimum Gasteiger partial charge on any atom is -0.462 e. The zero-order valence-electron chi connectivity index (χ0n) is 33.8. The van der Waals surface area contributed by atoms with Crippen LogP contribution in [0.15, 0.2) is 0 Å². The molecule has 0 radical (unpaired) electrons. The van der Waals surface area contributed by atoms with Gasteiger partial charge in [0.25, 0.3) is 0 Å². The minimum atomic E-state index is -0.776. The van der Waals surface area contributed by atoms with E-state index in [1.807, 2.05) is 0 Å². The van der Waals surface area contributed by atoms with E-state index in [0.29, 0.717) is 19.3 Å². The number of unbranched alkanes of at least 4 members (excludes halogenated alkanes) is 28. The zero-order chi connectivity index (χ0) is 36.8. The molecule has 0 aliphatic rings. The van der Waals surface area contributed by atoms with Gasteiger partial charge in [0.2, 0.25) is 5.91 Å². The van der Waals surface area contributed by atoms with Crippen LogP contribution in [-0.4, -0.2) is 46.9 Å². The molecule has 3 atom stereocenters. The van der Waals surface area contributed by atoms with Crippen LogP contribution in [0.4, 0.5) is 0 Å². The molecule has 0 rings (SSSR count). The first-order valence-electron chi connectivity index (χ1n) is 22.3. The summed E-state index contributed by atoms with van der Waals surface area (Å²) in [7, 11) is 0. The summed E-state index contributed by atoms with van der Waals surface area (Å²) in [4.78, 5) is 25.8. The molecule has 0 aliphatic carbocycles. The molecule has 0 aliphatic heterocycles. The van der Waals surface area contributed by atoms with Gasteiger partial charge in [0.1, 0.15) is 6.10 Å². The van der Waals surface area contributed by atoms with E-state index in [4.69, 9.17) is 4.74 Å². The third-order valence-corrected chi connectivity index (χ3v) is 10.4. The molecule has 3 N–H and O–H groups in total. The summed E-state index contributed by atoms with van der Waals surface area (Å²) in [5, 5.41) is 23.6. The number of aliphatic hydroxyl groups excluding tert-OH is 2. The molecule has 0 saturated heterocycles. The van der Waals surface area contributed by atoms with E-state index in [0.717, 1.165) is 44.9 Å². The van der Waals surface area contributed by atoms with Gasteiger partial charge in [-0.3, -0.25) is 9.59 Å². The van der Waals surface area contributed by atoms with Gasteiger partial charge in [-0.15, -0.1) is 0 Å². The number of hydrogen-bond donors (Lipinski definition) is 3. The summed E-state index contributed by atoms with van der Waals surface area (Å²) in [5.74, 6) is -0.463. The Bertz CT molecular complexity index is 717. The van der Waals surface area contributed by atoms with Gasteiger partial charge in [-0.05, 0) is 25.7 Å². The molecule has 0 saturated carbocycles. The highest BCUT2D eigenvalue weighted by atomic mass is 16.5. The van der Waals surface area contributed by atoms with Crippen LogP contribution < -0.4 is 5.32 Å². The molecule has 6 nitrogen and oxygen atoms in total. The normalized spacial score (nSPS) is 13.3. The number of esters is 1. The fourth-order valence-corrected chi connectivity index (χ4v) is 7.02. The van der Waals surface area contributed by atoms with Crippen LogP contribution in [0.25, 0.3) is 0 Å². The molecule has 3 unspecified atom stereocenters. The number of rotatable bonds is 40. The quantitative estimate of drug-likeness (QED) is 0.0435. The van der Waals surface area contributed by atoms with Gasteiger partial charge in [-0.25, -0.2) is 0 Å². The average molecular weight is 710 g/mol. The van der Waals surface area contributed by atoms with Crippen molar-refractivity contribution in [1.29, 1.82) is 0 Å². The molecule has 1 amide bonds. The Morgan fingerprint density at radius 3 is 1.22 bits per heavy atom. The summed E-state index contributed by atoms with van der Waals surface area (Å²) in [6.07, 6.45) is 38.7. The lowest BCUT2D eigenvalue weighted by molar-refractivity contribution is -0.151. The maximum Gasteiger partial charge on any atom is 0.306 e. The lowest BCUT2D eigenvalue weighted by atomic mass is 10.0. The molecule has 0 aromatic carbocycles. The van der Waals surface area contributed by atoms with Crippen molar-refractivity contribution in [2.75, 3.05) is 6.61 Å². The smallest absolute Gasteiger partial charge is 0.306 e. The molecular formula is C44H87NO5. The molecule has 0 aromatic rings. The second kappa shape index (κ2) is 39.1. The topological polar surface area (TPSA) is 95.9 Å². The van der Waals surface area contributed by atoms with E-state index in [1.54, 1.807) is 0 Å². The third kappa shape index (κ3) is 34.0. The Morgan fingerprint density at radius 2 is 0.840 bits per heavy atom. The first-order chi connectivity index (χ1) is 24.5. The molecule has 6 heteroatoms. The van der Waals surface area contributed by atoms with E-state index < -0.39 is 18.2 Å². The lowest BCUT2D eigenvalue weighted by Gasteiger charge is -2.24. The van der Waals surface area contributed by atoms with Crippen molar-refractivity contribution in [1.82, 2.24) is 5.32 Å². The van der Waals surface area contributed by atoms with Gasteiger partial charge in [-0.1, -0.05) is 207 Å². The second-order valence-corrected chi connectivity index (χ2v) is 15.5. The van der Waals surface area contributed by atoms with E-state index in [2.05, 4.69) is 26.1 Å². The SMILES string of the molecule is CCCCCCCCCCCCCCC(O)C(CO)NC(=O)CC(CCCCCCCCCCC)OC(=O)CCCCCCCCCCCC. The van der Waals surface area contributed by atoms with E-state index in [-0.39, 0.29) is 24.9 Å². The number of ether oxygens (including phenoxy) is 1. The first-order valence-corrected chi connectivity index (χ1v) is 22.3. The fraction of sp³-hybridized carbons (Fsp3) is 0.955. The maximum atomic E-state index is 13.1. The number of amides is 1. The monoisotopic (exact) mass is 710 g/mol. The van der Waals surface area contributed by atoms with E-state index >= 15 is 0 Å². The predicted octanol–water partition coefficient (Wildman–Crippen LogP) is 12.4. The van der Waals surface area contributed by atoms with Crippen LogP contribution in [0.3, 0.4) is 0 Å². The molecule has 298 valence electrons. The van der Waals surface area contributed by atoms with Crippen molar-refractivity contribution >= 4 is 11.9 Å². The first kappa shape index (κ1) is 48.9. The van der Waals surface area contributed by atoms with Crippen LogP contribution in [0, 0.1) is 0 Å². The van der Waals surface area contributed by atoms with Crippen molar-refractivity contribution in [3.63, 3.8) is 0 Å². The summed E-state index contributed by atoms with van der Waals surface area (Å²) < 4.78 is 5.88. The molecule has 50 heavy (non-hydrogen) atoms. The van der Waals surface area contributed by atoms with Crippen LogP contribution in [0.2, 0.25) is 0 Å². The van der Waals surface area contributed by atoms with Crippen LogP contribution in [0.5, 0.6) is 0 Å². The molecule has 0 fully saturated rings. The van der Waals surface area contributed by atoms with Gasteiger partial charge in [0, 0.05) is 6.42 Å². The third-order valence-electron chi connectivity index (χ3n) is 10.4. The minimum absolute atomic E-state index is 0.0859. The second-order valence-electron chi connectivity index (χ2n) is 15.5. The highest BCUT2D eigenvalue weighted by Crippen LogP contribution is 2.18. The van der Waals surface area contributed by atoms with Crippen LogP contribution in [-0.2, 0) is 14.3 Å². The summed E-state index contributed by atoms with van der Waals surface area (Å²) in [5.41, 5.74) is 0. The number of hydrogen-bond acceptors (Lipinski definition) is 5. The van der Waals surface area contributed by atoms with Gasteiger partial charge in [0.15, 0.2) is 0 Å². The number of aliphatic hydroxyl groups is 2. The van der Waals surface area contributed by atoms with Gasteiger partial charge < -0.3 is 20.3 Å². The maximum absolute atomic E-state index is 13.1. The standard InChI is InChI=1S/C44H87NO5/c1-4-7-10-13-16-19-21-22-24-27-30-33-36-42(47)41(39-46)45-43(48)38-40(35-32-29-26-23-18-15-12-9-6-3)50-44(49)37-34-31-28-25-20-17-14-11-8-5-2/h40-42,46-47H,4-39H2,1-3H3,(H,45,48). The Kier molecular flexibility index (Phi) is 38.2. The molecule has 0 bridgehead atoms. The van der Waals surface area contributed by atoms with Gasteiger partial charge in [0.05, 0.1) is 25.2 Å². The van der Waals surface area contributed by atoms with Crippen molar-refractivity contribution in [2.45, 2.75) is 264 Å². The Hall–Kier alpha value is -1.14. The molecule has 0 spiro atoms. The highest BCUT2D eigenvalue weighted by Gasteiger charge is 2.24. The lowest BCUT2D eigenvalue weighted by Crippen LogP contribution is -2.46. The van der Waals surface area contributed by atoms with Crippen molar-refractivity contribution < 1.29 is 24.5 Å². The summed E-state index contributed by atoms with van der Waals surface area (Å²) in [6, 6.07) is -0.689. The van der Waals surface area contributed by atoms with Gasteiger partial charge in [-0.2, -0.15) is 0 Å². The number of carbonyl (C=O) groups is 2. The number of nitrogens with one attached hydrogen (secondary N) is 1. The molecule has 0 aromatic heterocycles. The Labute approximate surface area is 311 Å². The Morgan fingerprint density at radius 1 is 0.500 bits per heavy atom. The zero-order valence-corrected chi connectivity index (χ0v) is 33.8. The Balaban J connectivity index is 4.50. The summed E-state index contributed by atoms with van der Waals surface area (Å²) >= 11 is 0. The van der Waals surface area contributed by atoms with Crippen LogP contribution in [0.1, 0.15) is 245 Å². The average Bonchev–Trinajstić information content (AvgIpc) is 3.10. The summed E-state index contributed by atoms with van der Waals surface area (Å²) in [6.45, 7) is 6.45. The predicted molar refractivity (Wildman–Crippen MR) is 214 cm³/mol. The van der Waals surface area contributed by atoms with Gasteiger partial charge >= 0.3 is 5.97 Å². The molecule has 0 heterocycles. The highest BCUT2D eigenvalue weighted by molar-refractivity contribution is 5.77. The van der Waals surface area contributed by atoms with Crippen molar-refractivity contribution in [3.8, 4) is 0 Å². The van der Waals surface area contributed by atoms with E-state index in [1.165, 1.54) is 154 Å². The number of carbonyl (C=O) groups excluding carboxylic acids is 2. The largest absolute Gasteiger partial charge is 0.462 e. The fourth-order valence-electron chi connectivity index (χ4n) is 7.02.